The third-order valence-corrected chi connectivity index (χ3v) is 3.14. The highest BCUT2D eigenvalue weighted by molar-refractivity contribution is 5.14. The van der Waals surface area contributed by atoms with Crippen LogP contribution in [0.25, 0.3) is 0 Å². The van der Waals surface area contributed by atoms with Gasteiger partial charge >= 0.3 is 0 Å². The second-order valence-corrected chi connectivity index (χ2v) is 4.61. The summed E-state index contributed by atoms with van der Waals surface area (Å²) in [5.74, 6) is 0. The van der Waals surface area contributed by atoms with Gasteiger partial charge in [0.05, 0.1) is 6.61 Å². The average Bonchev–Trinajstić information content (AvgIpc) is 2.30. The SMILES string of the molecule is OCC1(F)CCCN(Cc2ccccc2)C1. The number of piperidine rings is 1. The summed E-state index contributed by atoms with van der Waals surface area (Å²) in [5, 5.41) is 9.03. The van der Waals surface area contributed by atoms with Crippen molar-refractivity contribution in [2.45, 2.75) is 25.1 Å². The van der Waals surface area contributed by atoms with Gasteiger partial charge in [0.2, 0.25) is 0 Å². The van der Waals surface area contributed by atoms with Gasteiger partial charge < -0.3 is 5.11 Å². The predicted octanol–water partition coefficient (Wildman–Crippen LogP) is 1.98. The topological polar surface area (TPSA) is 23.5 Å². The van der Waals surface area contributed by atoms with Crippen molar-refractivity contribution in [2.75, 3.05) is 19.7 Å². The van der Waals surface area contributed by atoms with Crippen LogP contribution in [-0.2, 0) is 6.54 Å². The fourth-order valence-electron chi connectivity index (χ4n) is 2.28. The quantitative estimate of drug-likeness (QED) is 0.847. The number of aliphatic hydroxyl groups excluding tert-OH is 1. The molecule has 3 heteroatoms. The summed E-state index contributed by atoms with van der Waals surface area (Å²) < 4.78 is 14.0. The first-order chi connectivity index (χ1) is 7.72. The highest BCUT2D eigenvalue weighted by Crippen LogP contribution is 2.25. The van der Waals surface area contributed by atoms with Crippen LogP contribution in [0.4, 0.5) is 4.39 Å². The standard InChI is InChI=1S/C13H18FNO/c14-13(11-16)7-4-8-15(10-13)9-12-5-2-1-3-6-12/h1-3,5-6,16H,4,7-11H2. The van der Waals surface area contributed by atoms with E-state index in [1.54, 1.807) is 0 Å². The van der Waals surface area contributed by atoms with Gasteiger partial charge in [-0.25, -0.2) is 4.39 Å². The van der Waals surface area contributed by atoms with Crippen LogP contribution in [0.15, 0.2) is 30.3 Å². The van der Waals surface area contributed by atoms with Crippen molar-refractivity contribution in [2.24, 2.45) is 0 Å². The van der Waals surface area contributed by atoms with Crippen LogP contribution in [0.3, 0.4) is 0 Å². The van der Waals surface area contributed by atoms with Crippen molar-refractivity contribution in [3.63, 3.8) is 0 Å². The Kier molecular flexibility index (Phi) is 3.56. The second kappa shape index (κ2) is 4.93. The summed E-state index contributed by atoms with van der Waals surface area (Å²) in [7, 11) is 0. The number of benzene rings is 1. The zero-order chi connectivity index (χ0) is 11.4. The van der Waals surface area contributed by atoms with E-state index in [1.807, 2.05) is 30.3 Å². The lowest BCUT2D eigenvalue weighted by atomic mass is 9.95. The van der Waals surface area contributed by atoms with Gasteiger partial charge in [-0.3, -0.25) is 4.90 Å². The number of aliphatic hydroxyl groups is 1. The Balaban J connectivity index is 1.96. The average molecular weight is 223 g/mol. The number of hydrogen-bond donors (Lipinski definition) is 1. The van der Waals surface area contributed by atoms with Gasteiger partial charge in [0.1, 0.15) is 5.67 Å². The van der Waals surface area contributed by atoms with Gasteiger partial charge in [0, 0.05) is 13.1 Å². The largest absolute Gasteiger partial charge is 0.393 e. The molecule has 2 nitrogen and oxygen atoms in total. The van der Waals surface area contributed by atoms with E-state index in [4.69, 9.17) is 5.11 Å². The fourth-order valence-corrected chi connectivity index (χ4v) is 2.28. The van der Waals surface area contributed by atoms with Crippen molar-refractivity contribution >= 4 is 0 Å². The van der Waals surface area contributed by atoms with Crippen molar-refractivity contribution in [1.82, 2.24) is 4.90 Å². The monoisotopic (exact) mass is 223 g/mol. The molecular weight excluding hydrogens is 205 g/mol. The van der Waals surface area contributed by atoms with Gasteiger partial charge in [-0.15, -0.1) is 0 Å². The molecule has 0 saturated carbocycles. The molecule has 88 valence electrons. The minimum absolute atomic E-state index is 0.346. The number of rotatable bonds is 3. The summed E-state index contributed by atoms with van der Waals surface area (Å²) in [6, 6.07) is 10.1. The molecule has 16 heavy (non-hydrogen) atoms. The fraction of sp³-hybridized carbons (Fsp3) is 0.538. The number of likely N-dealkylation sites (tertiary alicyclic amines) is 1. The normalized spacial score (nSPS) is 26.9. The van der Waals surface area contributed by atoms with Crippen molar-refractivity contribution < 1.29 is 9.50 Å². The Labute approximate surface area is 95.7 Å². The molecule has 2 rings (SSSR count). The smallest absolute Gasteiger partial charge is 0.146 e. The van der Waals surface area contributed by atoms with E-state index in [-0.39, 0.29) is 6.61 Å². The van der Waals surface area contributed by atoms with Crippen molar-refractivity contribution in [1.29, 1.82) is 0 Å². The molecular formula is C13H18FNO. The highest BCUT2D eigenvalue weighted by atomic mass is 19.1. The maximum absolute atomic E-state index is 14.0. The van der Waals surface area contributed by atoms with E-state index in [2.05, 4.69) is 4.90 Å². The Morgan fingerprint density at radius 2 is 2.06 bits per heavy atom. The number of halogens is 1. The highest BCUT2D eigenvalue weighted by Gasteiger charge is 2.34. The van der Waals surface area contributed by atoms with Crippen LogP contribution in [0.2, 0.25) is 0 Å². The lowest BCUT2D eigenvalue weighted by molar-refractivity contribution is -0.00384. The summed E-state index contributed by atoms with van der Waals surface area (Å²) in [6.45, 7) is 1.67. The van der Waals surface area contributed by atoms with E-state index in [0.29, 0.717) is 13.0 Å². The molecule has 1 aromatic carbocycles. The molecule has 1 fully saturated rings. The molecule has 0 aliphatic carbocycles. The Hall–Kier alpha value is -0.930. The van der Waals surface area contributed by atoms with Gasteiger partial charge in [-0.2, -0.15) is 0 Å². The lowest BCUT2D eigenvalue weighted by Gasteiger charge is -2.36. The first kappa shape index (κ1) is 11.6. The molecule has 1 saturated heterocycles. The Morgan fingerprint density at radius 1 is 1.31 bits per heavy atom. The van der Waals surface area contributed by atoms with Crippen LogP contribution in [0, 0.1) is 0 Å². The third-order valence-electron chi connectivity index (χ3n) is 3.14. The minimum atomic E-state index is -1.40. The molecule has 1 aliphatic heterocycles. The zero-order valence-corrected chi connectivity index (χ0v) is 9.40. The molecule has 0 radical (unpaired) electrons. The molecule has 1 aliphatic rings. The molecule has 1 heterocycles. The van der Waals surface area contributed by atoms with E-state index in [0.717, 1.165) is 19.5 Å². The zero-order valence-electron chi connectivity index (χ0n) is 9.40. The molecule has 1 N–H and O–H groups in total. The van der Waals surface area contributed by atoms with Gasteiger partial charge in [-0.05, 0) is 24.9 Å². The molecule has 1 unspecified atom stereocenters. The third kappa shape index (κ3) is 2.80. The predicted molar refractivity (Wildman–Crippen MR) is 61.9 cm³/mol. The molecule has 1 atom stereocenters. The van der Waals surface area contributed by atoms with Gasteiger partial charge in [0.25, 0.3) is 0 Å². The first-order valence-corrected chi connectivity index (χ1v) is 5.78. The van der Waals surface area contributed by atoms with Crippen molar-refractivity contribution in [3.8, 4) is 0 Å². The van der Waals surface area contributed by atoms with E-state index >= 15 is 0 Å². The molecule has 0 spiro atoms. The van der Waals surface area contributed by atoms with E-state index in [1.165, 1.54) is 5.56 Å². The number of nitrogens with zero attached hydrogens (tertiary/aromatic N) is 1. The maximum Gasteiger partial charge on any atom is 0.146 e. The minimum Gasteiger partial charge on any atom is -0.393 e. The van der Waals surface area contributed by atoms with Crippen LogP contribution in [0.1, 0.15) is 18.4 Å². The first-order valence-electron chi connectivity index (χ1n) is 5.78. The molecule has 0 amide bonds. The Morgan fingerprint density at radius 3 is 2.75 bits per heavy atom. The summed E-state index contributed by atoms with van der Waals surface area (Å²) >= 11 is 0. The summed E-state index contributed by atoms with van der Waals surface area (Å²) in [5.41, 5.74) is -0.197. The number of alkyl halides is 1. The van der Waals surface area contributed by atoms with E-state index < -0.39 is 5.67 Å². The summed E-state index contributed by atoms with van der Waals surface area (Å²) in [4.78, 5) is 2.08. The maximum atomic E-state index is 14.0. The van der Waals surface area contributed by atoms with E-state index in [9.17, 15) is 4.39 Å². The van der Waals surface area contributed by atoms with Crippen LogP contribution in [-0.4, -0.2) is 35.4 Å². The molecule has 0 bridgehead atoms. The van der Waals surface area contributed by atoms with Crippen LogP contribution < -0.4 is 0 Å². The number of hydrogen-bond acceptors (Lipinski definition) is 2. The van der Waals surface area contributed by atoms with Crippen molar-refractivity contribution in [3.05, 3.63) is 35.9 Å². The molecule has 1 aromatic rings. The van der Waals surface area contributed by atoms with Gasteiger partial charge in [-0.1, -0.05) is 30.3 Å². The van der Waals surface area contributed by atoms with Crippen LogP contribution in [0.5, 0.6) is 0 Å². The lowest BCUT2D eigenvalue weighted by Crippen LogP contribution is -2.47. The Bertz CT molecular complexity index is 330. The van der Waals surface area contributed by atoms with Crippen LogP contribution >= 0.6 is 0 Å². The summed E-state index contributed by atoms with van der Waals surface area (Å²) in [6.07, 6.45) is 1.30. The van der Waals surface area contributed by atoms with Gasteiger partial charge in [0.15, 0.2) is 0 Å². The molecule has 0 aromatic heterocycles. The second-order valence-electron chi connectivity index (χ2n) is 4.61.